The van der Waals surface area contributed by atoms with Crippen molar-refractivity contribution in [2.45, 2.75) is 39.2 Å². The summed E-state index contributed by atoms with van der Waals surface area (Å²) >= 11 is 0. The number of nitrogens with zero attached hydrogens (tertiary/aromatic N) is 4. The van der Waals surface area contributed by atoms with Crippen molar-refractivity contribution in [1.29, 1.82) is 0 Å². The Kier molecular flexibility index (Phi) is 10.7. The van der Waals surface area contributed by atoms with Gasteiger partial charge in [0.1, 0.15) is 0 Å². The summed E-state index contributed by atoms with van der Waals surface area (Å²) in [6, 6.07) is 11.5. The zero-order valence-corrected chi connectivity index (χ0v) is 20.8. The molecule has 6 heteroatoms. The zero-order valence-electron chi connectivity index (χ0n) is 18.5. The largest absolute Gasteiger partial charge is 0.356 e. The Bertz CT molecular complexity index is 601. The minimum absolute atomic E-state index is 0. The fraction of sp³-hybridized carbons (Fsp3) is 0.696. The van der Waals surface area contributed by atoms with Crippen LogP contribution in [0, 0.1) is 5.92 Å². The van der Waals surface area contributed by atoms with E-state index in [0.29, 0.717) is 6.04 Å². The Morgan fingerprint density at radius 1 is 1.10 bits per heavy atom. The summed E-state index contributed by atoms with van der Waals surface area (Å²) in [5.74, 6) is 1.84. The van der Waals surface area contributed by atoms with Gasteiger partial charge in [-0.2, -0.15) is 0 Å². The molecule has 0 spiro atoms. The molecule has 2 unspecified atom stereocenters. The van der Waals surface area contributed by atoms with Crippen molar-refractivity contribution < 1.29 is 0 Å². The van der Waals surface area contributed by atoms with Crippen LogP contribution in [0.4, 0.5) is 0 Å². The molecule has 164 valence electrons. The summed E-state index contributed by atoms with van der Waals surface area (Å²) in [5, 5.41) is 3.66. The normalized spacial score (nSPS) is 22.4. The van der Waals surface area contributed by atoms with E-state index in [1.54, 1.807) is 0 Å². The Balaban J connectivity index is 0.00000300. The van der Waals surface area contributed by atoms with Gasteiger partial charge in [-0.3, -0.25) is 9.89 Å². The molecule has 0 aromatic heterocycles. The molecule has 0 amide bonds. The molecule has 5 nitrogen and oxygen atoms in total. The molecule has 0 saturated carbocycles. The topological polar surface area (TPSA) is 34.1 Å². The summed E-state index contributed by atoms with van der Waals surface area (Å²) < 4.78 is 0. The van der Waals surface area contributed by atoms with Crippen LogP contribution in [-0.2, 0) is 0 Å². The van der Waals surface area contributed by atoms with E-state index in [1.807, 2.05) is 7.05 Å². The predicted octanol–water partition coefficient (Wildman–Crippen LogP) is 3.68. The molecule has 2 saturated heterocycles. The van der Waals surface area contributed by atoms with Crippen LogP contribution in [0.25, 0.3) is 0 Å². The van der Waals surface area contributed by atoms with Gasteiger partial charge in [0.25, 0.3) is 0 Å². The van der Waals surface area contributed by atoms with E-state index < -0.39 is 0 Å². The first-order valence-electron chi connectivity index (χ1n) is 11.2. The molecule has 2 aliphatic heterocycles. The lowest BCUT2D eigenvalue weighted by atomic mass is 10.0. The molecule has 3 rings (SSSR count). The third-order valence-corrected chi connectivity index (χ3v) is 6.30. The Morgan fingerprint density at radius 3 is 2.45 bits per heavy atom. The average Bonchev–Trinajstić information content (AvgIpc) is 3.19. The van der Waals surface area contributed by atoms with Crippen molar-refractivity contribution in [2.75, 3.05) is 59.4 Å². The lowest BCUT2D eigenvalue weighted by Gasteiger charge is -2.40. The van der Waals surface area contributed by atoms with Gasteiger partial charge in [-0.25, -0.2) is 0 Å². The molecule has 0 aliphatic carbocycles. The molecule has 2 heterocycles. The quantitative estimate of drug-likeness (QED) is 0.343. The highest BCUT2D eigenvalue weighted by atomic mass is 127. The highest BCUT2D eigenvalue weighted by molar-refractivity contribution is 14.0. The van der Waals surface area contributed by atoms with E-state index in [9.17, 15) is 0 Å². The van der Waals surface area contributed by atoms with Crippen molar-refractivity contribution in [3.63, 3.8) is 0 Å². The first kappa shape index (κ1) is 24.4. The number of aliphatic imine (C=N–C) groups is 1. The smallest absolute Gasteiger partial charge is 0.193 e. The van der Waals surface area contributed by atoms with Crippen LogP contribution >= 0.6 is 24.0 Å². The van der Waals surface area contributed by atoms with E-state index in [2.05, 4.69) is 69.2 Å². The number of hydrogen-bond acceptors (Lipinski definition) is 3. The van der Waals surface area contributed by atoms with Gasteiger partial charge in [0.15, 0.2) is 5.96 Å². The van der Waals surface area contributed by atoms with Crippen LogP contribution in [0.15, 0.2) is 35.3 Å². The lowest BCUT2D eigenvalue weighted by Crippen LogP contribution is -2.53. The maximum Gasteiger partial charge on any atom is 0.193 e. The van der Waals surface area contributed by atoms with Crippen LogP contribution in [0.2, 0.25) is 0 Å². The van der Waals surface area contributed by atoms with E-state index in [-0.39, 0.29) is 24.0 Å². The number of nitrogens with one attached hydrogen (secondary N) is 1. The third-order valence-electron chi connectivity index (χ3n) is 6.30. The Hall–Kier alpha value is -0.860. The molecule has 0 radical (unpaired) electrons. The predicted molar refractivity (Wildman–Crippen MR) is 134 cm³/mol. The molecule has 1 aromatic carbocycles. The van der Waals surface area contributed by atoms with Crippen molar-refractivity contribution in [1.82, 2.24) is 20.0 Å². The van der Waals surface area contributed by atoms with E-state index in [0.717, 1.165) is 51.0 Å². The maximum absolute atomic E-state index is 4.58. The monoisotopic (exact) mass is 513 g/mol. The summed E-state index contributed by atoms with van der Waals surface area (Å²) in [6.07, 6.45) is 3.73. The van der Waals surface area contributed by atoms with E-state index in [1.165, 1.54) is 38.0 Å². The summed E-state index contributed by atoms with van der Waals surface area (Å²) in [5.41, 5.74) is 1.44. The molecule has 2 aliphatic rings. The first-order valence-corrected chi connectivity index (χ1v) is 11.2. The van der Waals surface area contributed by atoms with Crippen LogP contribution in [0.3, 0.4) is 0 Å². The summed E-state index contributed by atoms with van der Waals surface area (Å²) in [4.78, 5) is 12.3. The van der Waals surface area contributed by atoms with Crippen molar-refractivity contribution >= 4 is 29.9 Å². The summed E-state index contributed by atoms with van der Waals surface area (Å²) in [6.45, 7) is 13.7. The molecule has 0 bridgehead atoms. The van der Waals surface area contributed by atoms with Crippen molar-refractivity contribution in [3.05, 3.63) is 35.9 Å². The van der Waals surface area contributed by atoms with Crippen molar-refractivity contribution in [2.24, 2.45) is 10.9 Å². The summed E-state index contributed by atoms with van der Waals surface area (Å²) in [7, 11) is 1.92. The Morgan fingerprint density at radius 2 is 1.83 bits per heavy atom. The second kappa shape index (κ2) is 12.7. The number of benzene rings is 1. The highest BCUT2D eigenvalue weighted by Crippen LogP contribution is 2.25. The van der Waals surface area contributed by atoms with Crippen molar-refractivity contribution in [3.8, 4) is 0 Å². The van der Waals surface area contributed by atoms with Crippen LogP contribution in [0.5, 0.6) is 0 Å². The van der Waals surface area contributed by atoms with Gasteiger partial charge in [0.05, 0.1) is 0 Å². The number of halogens is 1. The fourth-order valence-electron chi connectivity index (χ4n) is 4.79. The average molecular weight is 514 g/mol. The van der Waals surface area contributed by atoms with Crippen LogP contribution in [0.1, 0.15) is 44.7 Å². The van der Waals surface area contributed by atoms with Crippen LogP contribution in [-0.4, -0.2) is 80.1 Å². The number of likely N-dealkylation sites (tertiary alicyclic amines) is 1. The van der Waals surface area contributed by atoms with E-state index >= 15 is 0 Å². The van der Waals surface area contributed by atoms with Gasteiger partial charge >= 0.3 is 0 Å². The first-order chi connectivity index (χ1) is 13.7. The SMILES string of the molecule is CCCN1CCC(CNC(=NC)N2CCN(C(CC)c3ccccc3)CC2)C1.I. The number of guanidine groups is 1. The molecular formula is C23H40IN5. The Labute approximate surface area is 194 Å². The van der Waals surface area contributed by atoms with Gasteiger partial charge in [0.2, 0.25) is 0 Å². The third kappa shape index (κ3) is 6.82. The minimum atomic E-state index is 0. The standard InChI is InChI=1S/C23H39N5.HI/c1-4-12-26-13-11-20(19-26)18-25-23(24-3)28-16-14-27(15-17-28)22(5-2)21-9-7-6-8-10-21;/h6-10,20,22H,4-5,11-19H2,1-3H3,(H,24,25);1H. The molecule has 1 aromatic rings. The second-order valence-corrected chi connectivity index (χ2v) is 8.24. The molecular weight excluding hydrogens is 473 g/mol. The number of hydrogen-bond donors (Lipinski definition) is 1. The fourth-order valence-corrected chi connectivity index (χ4v) is 4.79. The molecule has 1 N–H and O–H groups in total. The maximum atomic E-state index is 4.58. The number of piperazine rings is 1. The van der Waals surface area contributed by atoms with Gasteiger partial charge in [0, 0.05) is 52.4 Å². The van der Waals surface area contributed by atoms with Crippen LogP contribution < -0.4 is 5.32 Å². The van der Waals surface area contributed by atoms with E-state index in [4.69, 9.17) is 0 Å². The number of rotatable bonds is 7. The second-order valence-electron chi connectivity index (χ2n) is 8.24. The zero-order chi connectivity index (χ0) is 19.8. The lowest BCUT2D eigenvalue weighted by molar-refractivity contribution is 0.126. The minimum Gasteiger partial charge on any atom is -0.356 e. The van der Waals surface area contributed by atoms with Gasteiger partial charge in [-0.15, -0.1) is 24.0 Å². The van der Waals surface area contributed by atoms with Gasteiger partial charge in [-0.1, -0.05) is 44.2 Å². The molecule has 2 atom stereocenters. The van der Waals surface area contributed by atoms with Gasteiger partial charge in [-0.05, 0) is 43.8 Å². The van der Waals surface area contributed by atoms with Gasteiger partial charge < -0.3 is 15.1 Å². The molecule has 2 fully saturated rings. The molecule has 29 heavy (non-hydrogen) atoms. The highest BCUT2D eigenvalue weighted by Gasteiger charge is 2.26.